The molecule has 0 amide bonds. The minimum atomic E-state index is -0.546. The molecular weight excluding hydrogens is 512 g/mol. The van der Waals surface area contributed by atoms with Gasteiger partial charge in [-0.05, 0) is 42.9 Å². The van der Waals surface area contributed by atoms with Crippen LogP contribution >= 0.6 is 23.4 Å². The second kappa shape index (κ2) is 12.4. The van der Waals surface area contributed by atoms with Crippen LogP contribution in [0.15, 0.2) is 58.9 Å². The third-order valence-electron chi connectivity index (χ3n) is 5.90. The van der Waals surface area contributed by atoms with Crippen molar-refractivity contribution in [3.8, 4) is 11.5 Å². The Bertz CT molecular complexity index is 1290. The lowest BCUT2D eigenvalue weighted by atomic mass is 9.95. The molecule has 0 radical (unpaired) electrons. The van der Waals surface area contributed by atoms with Crippen LogP contribution in [-0.4, -0.2) is 40.2 Å². The van der Waals surface area contributed by atoms with Gasteiger partial charge in [0.15, 0.2) is 11.5 Å². The number of nitrogens with one attached hydrogen (secondary N) is 1. The number of ether oxygens (including phenoxy) is 3. The van der Waals surface area contributed by atoms with Gasteiger partial charge >= 0.3 is 5.97 Å². The van der Waals surface area contributed by atoms with E-state index in [4.69, 9.17) is 30.9 Å². The van der Waals surface area contributed by atoms with Crippen molar-refractivity contribution < 1.29 is 19.0 Å². The van der Waals surface area contributed by atoms with Gasteiger partial charge in [0, 0.05) is 16.3 Å². The summed E-state index contributed by atoms with van der Waals surface area (Å²) in [5, 5.41) is 9.21. The Morgan fingerprint density at radius 3 is 2.73 bits per heavy atom. The van der Waals surface area contributed by atoms with E-state index in [0.29, 0.717) is 52.1 Å². The fraction of sp³-hybridized carbons (Fsp3) is 0.370. The van der Waals surface area contributed by atoms with E-state index in [2.05, 4.69) is 17.2 Å². The summed E-state index contributed by atoms with van der Waals surface area (Å²) in [4.78, 5) is 17.9. The molecule has 0 fully saturated rings. The maximum Gasteiger partial charge on any atom is 0.338 e. The molecule has 196 valence electrons. The van der Waals surface area contributed by atoms with E-state index in [1.165, 1.54) is 11.8 Å². The fourth-order valence-electron chi connectivity index (χ4n) is 4.03. The van der Waals surface area contributed by atoms with E-state index in [9.17, 15) is 4.79 Å². The van der Waals surface area contributed by atoms with E-state index in [1.807, 2.05) is 56.3 Å². The molecule has 0 saturated heterocycles. The fourth-order valence-corrected chi connectivity index (χ4v) is 4.77. The van der Waals surface area contributed by atoms with Crippen molar-refractivity contribution in [1.82, 2.24) is 14.8 Å². The highest BCUT2D eigenvalue weighted by atomic mass is 35.5. The molecule has 8 nitrogen and oxygen atoms in total. The number of unbranched alkanes of at least 4 members (excludes halogenated alkanes) is 1. The first-order valence-corrected chi connectivity index (χ1v) is 13.6. The van der Waals surface area contributed by atoms with Crippen LogP contribution in [0.5, 0.6) is 11.5 Å². The summed E-state index contributed by atoms with van der Waals surface area (Å²) < 4.78 is 19.1. The number of fused-ring (bicyclic) bond motifs is 1. The number of rotatable bonds is 11. The van der Waals surface area contributed by atoms with Crippen molar-refractivity contribution in [1.29, 1.82) is 0 Å². The van der Waals surface area contributed by atoms with Gasteiger partial charge in [-0.15, -0.1) is 5.10 Å². The average Bonchev–Trinajstić information content (AvgIpc) is 3.29. The number of thioether (sulfide) groups is 1. The zero-order valence-corrected chi connectivity index (χ0v) is 23.0. The van der Waals surface area contributed by atoms with Gasteiger partial charge in [-0.25, -0.2) is 9.48 Å². The van der Waals surface area contributed by atoms with Gasteiger partial charge in [0.05, 0.1) is 19.3 Å². The Kier molecular flexibility index (Phi) is 9.00. The Morgan fingerprint density at radius 2 is 2.00 bits per heavy atom. The number of esters is 1. The summed E-state index contributed by atoms with van der Waals surface area (Å²) in [6.45, 7) is 6.60. The van der Waals surface area contributed by atoms with Crippen LogP contribution in [0.4, 0.5) is 5.95 Å². The molecule has 37 heavy (non-hydrogen) atoms. The van der Waals surface area contributed by atoms with Gasteiger partial charge in [0.25, 0.3) is 0 Å². The quantitative estimate of drug-likeness (QED) is 0.172. The third kappa shape index (κ3) is 6.05. The number of hydrogen-bond donors (Lipinski definition) is 1. The highest BCUT2D eigenvalue weighted by molar-refractivity contribution is 7.99. The topological polar surface area (TPSA) is 87.5 Å². The average molecular weight is 543 g/mol. The Hall–Kier alpha value is -3.17. The molecule has 0 aliphatic carbocycles. The number of halogens is 1. The first-order chi connectivity index (χ1) is 18.0. The van der Waals surface area contributed by atoms with Gasteiger partial charge in [-0.1, -0.05) is 67.9 Å². The molecule has 0 saturated carbocycles. The molecule has 1 aliphatic rings. The predicted octanol–water partition coefficient (Wildman–Crippen LogP) is 6.26. The number of carbonyl (C=O) groups is 1. The lowest BCUT2D eigenvalue weighted by Gasteiger charge is -2.28. The van der Waals surface area contributed by atoms with Gasteiger partial charge in [0.2, 0.25) is 11.1 Å². The number of nitrogens with zero attached hydrogens (tertiary/aromatic N) is 3. The van der Waals surface area contributed by atoms with Crippen LogP contribution in [0.25, 0.3) is 0 Å². The minimum absolute atomic E-state index is 0.293. The number of benzene rings is 2. The smallest absolute Gasteiger partial charge is 0.338 e. The summed E-state index contributed by atoms with van der Waals surface area (Å²) in [5.74, 6) is 2.12. The molecule has 1 N–H and O–H groups in total. The molecule has 1 aliphatic heterocycles. The molecule has 0 bridgehead atoms. The lowest BCUT2D eigenvalue weighted by Crippen LogP contribution is -2.29. The zero-order chi connectivity index (χ0) is 26.4. The second-order valence-corrected chi connectivity index (χ2v) is 10.1. The lowest BCUT2D eigenvalue weighted by molar-refractivity contribution is -0.139. The van der Waals surface area contributed by atoms with Crippen molar-refractivity contribution in [2.24, 2.45) is 0 Å². The van der Waals surface area contributed by atoms with Gasteiger partial charge in [0.1, 0.15) is 12.6 Å². The first-order valence-electron chi connectivity index (χ1n) is 12.2. The molecule has 1 aromatic heterocycles. The van der Waals surface area contributed by atoms with E-state index in [1.54, 1.807) is 11.8 Å². The van der Waals surface area contributed by atoms with Crippen molar-refractivity contribution in [2.75, 3.05) is 24.8 Å². The maximum atomic E-state index is 13.3. The van der Waals surface area contributed by atoms with E-state index >= 15 is 0 Å². The number of allylic oxidation sites excluding steroid dienone is 1. The van der Waals surface area contributed by atoms with Crippen LogP contribution in [0.1, 0.15) is 50.8 Å². The van der Waals surface area contributed by atoms with Gasteiger partial charge in [-0.2, -0.15) is 4.98 Å². The number of anilines is 1. The molecule has 1 unspecified atom stereocenters. The number of methoxy groups -OCH3 is 1. The Morgan fingerprint density at radius 1 is 1.19 bits per heavy atom. The summed E-state index contributed by atoms with van der Waals surface area (Å²) in [6.07, 6.45) is 1.73. The summed E-state index contributed by atoms with van der Waals surface area (Å²) >= 11 is 7.82. The number of carbonyl (C=O) groups excluding carboxylic acids is 1. The molecule has 3 aromatic rings. The zero-order valence-electron chi connectivity index (χ0n) is 21.4. The minimum Gasteiger partial charge on any atom is -0.493 e. The predicted molar refractivity (Wildman–Crippen MR) is 146 cm³/mol. The molecule has 1 atom stereocenters. The molecule has 2 heterocycles. The van der Waals surface area contributed by atoms with Crippen LogP contribution in [0.2, 0.25) is 5.02 Å². The van der Waals surface area contributed by atoms with Crippen LogP contribution in [0.3, 0.4) is 0 Å². The van der Waals surface area contributed by atoms with Crippen molar-refractivity contribution >= 4 is 35.3 Å². The molecule has 0 spiro atoms. The SMILES string of the molecule is CCCCOC(=O)C1=C(C)Nc2nc(SCC)nn2C1c1ccc(OCc2ccccc2Cl)c(OC)c1. The van der Waals surface area contributed by atoms with E-state index in [-0.39, 0.29) is 5.97 Å². The summed E-state index contributed by atoms with van der Waals surface area (Å²) in [6, 6.07) is 12.6. The second-order valence-electron chi connectivity index (χ2n) is 8.44. The summed E-state index contributed by atoms with van der Waals surface area (Å²) in [7, 11) is 1.59. The van der Waals surface area contributed by atoms with Crippen molar-refractivity contribution in [3.63, 3.8) is 0 Å². The highest BCUT2D eigenvalue weighted by Gasteiger charge is 2.35. The van der Waals surface area contributed by atoms with Gasteiger partial charge < -0.3 is 19.5 Å². The molecule has 10 heteroatoms. The molecule has 4 rings (SSSR count). The van der Waals surface area contributed by atoms with Crippen molar-refractivity contribution in [2.45, 2.75) is 51.4 Å². The number of aromatic nitrogens is 3. The monoisotopic (exact) mass is 542 g/mol. The third-order valence-corrected chi connectivity index (χ3v) is 6.99. The number of hydrogen-bond acceptors (Lipinski definition) is 8. The van der Waals surface area contributed by atoms with Crippen LogP contribution in [0, 0.1) is 0 Å². The van der Waals surface area contributed by atoms with Crippen LogP contribution < -0.4 is 14.8 Å². The van der Waals surface area contributed by atoms with Gasteiger partial charge in [-0.3, -0.25) is 0 Å². The first kappa shape index (κ1) is 26.9. The molecule has 2 aromatic carbocycles. The Labute approximate surface area is 226 Å². The standard InChI is InChI=1S/C27H31ClN4O4S/c1-5-7-14-35-25(33)23-17(3)29-26-30-27(37-6-2)31-32(26)24(23)18-12-13-21(22(15-18)34-4)36-16-19-10-8-9-11-20(19)28/h8-13,15,24H,5-7,14,16H2,1-4H3,(H,29,30,31). The Balaban J connectivity index is 1.70. The van der Waals surface area contributed by atoms with E-state index in [0.717, 1.165) is 29.7 Å². The van der Waals surface area contributed by atoms with Crippen LogP contribution in [-0.2, 0) is 16.1 Å². The maximum absolute atomic E-state index is 13.3. The van der Waals surface area contributed by atoms with Crippen molar-refractivity contribution in [3.05, 3.63) is 69.9 Å². The van der Waals surface area contributed by atoms with E-state index < -0.39 is 6.04 Å². The normalized spacial score (nSPS) is 14.7. The molecular formula is C27H31ClN4O4S. The summed E-state index contributed by atoms with van der Waals surface area (Å²) in [5.41, 5.74) is 2.83. The highest BCUT2D eigenvalue weighted by Crippen LogP contribution is 2.40. The largest absolute Gasteiger partial charge is 0.493 e.